The minimum Gasteiger partial charge on any atom is -0.387 e. The Kier molecular flexibility index (Phi) is 4.93. The average Bonchev–Trinajstić information content (AvgIpc) is 2.40. The Balaban J connectivity index is 1.76. The first-order valence-electron chi connectivity index (χ1n) is 6.46. The summed E-state index contributed by atoms with van der Waals surface area (Å²) in [6.45, 7) is 4.95. The van der Waals surface area contributed by atoms with E-state index in [1.165, 1.54) is 11.1 Å². The maximum Gasteiger partial charge on any atom is 0.0914 e. The molecular formula is C15H21NO2. The third-order valence-electron chi connectivity index (χ3n) is 3.13. The Morgan fingerprint density at radius 3 is 2.78 bits per heavy atom. The molecule has 0 bridgehead atoms. The van der Waals surface area contributed by atoms with Gasteiger partial charge in [-0.3, -0.25) is 0 Å². The van der Waals surface area contributed by atoms with Crippen molar-refractivity contribution in [3.8, 4) is 0 Å². The van der Waals surface area contributed by atoms with Crippen LogP contribution in [0, 0.1) is 6.92 Å². The highest BCUT2D eigenvalue weighted by Gasteiger charge is 2.08. The van der Waals surface area contributed by atoms with Gasteiger partial charge in [-0.2, -0.15) is 0 Å². The van der Waals surface area contributed by atoms with E-state index in [1.807, 2.05) is 31.2 Å². The molecule has 2 N–H and O–H groups in total. The zero-order chi connectivity index (χ0) is 12.8. The van der Waals surface area contributed by atoms with E-state index in [9.17, 15) is 5.11 Å². The summed E-state index contributed by atoms with van der Waals surface area (Å²) in [6, 6.07) is 8.00. The molecule has 0 aliphatic carbocycles. The molecule has 18 heavy (non-hydrogen) atoms. The van der Waals surface area contributed by atoms with Crippen molar-refractivity contribution in [3.63, 3.8) is 0 Å². The molecule has 0 aromatic heterocycles. The van der Waals surface area contributed by atoms with E-state index in [1.54, 1.807) is 0 Å². The fourth-order valence-corrected chi connectivity index (χ4v) is 2.01. The van der Waals surface area contributed by atoms with Crippen molar-refractivity contribution in [2.45, 2.75) is 19.4 Å². The molecule has 1 atom stereocenters. The van der Waals surface area contributed by atoms with Gasteiger partial charge in [0.15, 0.2) is 0 Å². The Morgan fingerprint density at radius 1 is 1.33 bits per heavy atom. The van der Waals surface area contributed by atoms with E-state index in [4.69, 9.17) is 4.74 Å². The molecule has 1 aromatic rings. The molecule has 0 spiro atoms. The van der Waals surface area contributed by atoms with Crippen LogP contribution in [0.4, 0.5) is 0 Å². The van der Waals surface area contributed by atoms with Crippen LogP contribution in [0.3, 0.4) is 0 Å². The summed E-state index contributed by atoms with van der Waals surface area (Å²) >= 11 is 0. The molecule has 1 aliphatic rings. The molecular weight excluding hydrogens is 226 g/mol. The third-order valence-corrected chi connectivity index (χ3v) is 3.13. The highest BCUT2D eigenvalue weighted by Crippen LogP contribution is 2.13. The van der Waals surface area contributed by atoms with Crippen molar-refractivity contribution < 1.29 is 9.84 Å². The maximum atomic E-state index is 10.0. The molecule has 0 fully saturated rings. The van der Waals surface area contributed by atoms with Gasteiger partial charge in [0.05, 0.1) is 19.3 Å². The second-order valence-electron chi connectivity index (χ2n) is 4.76. The van der Waals surface area contributed by atoms with Crippen LogP contribution in [0.15, 0.2) is 35.9 Å². The van der Waals surface area contributed by atoms with Gasteiger partial charge in [0.25, 0.3) is 0 Å². The van der Waals surface area contributed by atoms with Crippen LogP contribution in [-0.4, -0.2) is 31.4 Å². The van der Waals surface area contributed by atoms with Gasteiger partial charge < -0.3 is 15.2 Å². The van der Waals surface area contributed by atoms with Gasteiger partial charge in [-0.1, -0.05) is 35.9 Å². The van der Waals surface area contributed by atoms with Crippen LogP contribution in [-0.2, 0) is 4.74 Å². The molecule has 0 amide bonds. The zero-order valence-corrected chi connectivity index (χ0v) is 10.9. The monoisotopic (exact) mass is 247 g/mol. The zero-order valence-electron chi connectivity index (χ0n) is 10.9. The van der Waals surface area contributed by atoms with Crippen LogP contribution in [0.2, 0.25) is 0 Å². The van der Waals surface area contributed by atoms with Crippen LogP contribution in [0.1, 0.15) is 23.7 Å². The standard InChI is InChI=1S/C15H21NO2/c1-12-4-6-14(7-5-12)15(17)10-16-9-13-3-2-8-18-11-13/h3-7,15-17H,2,8-11H2,1H3. The average molecular weight is 247 g/mol. The van der Waals surface area contributed by atoms with Gasteiger partial charge in [0, 0.05) is 13.1 Å². The molecule has 3 heteroatoms. The normalized spacial score (nSPS) is 17.3. The number of hydrogen-bond donors (Lipinski definition) is 2. The maximum absolute atomic E-state index is 10.0. The molecule has 0 saturated heterocycles. The summed E-state index contributed by atoms with van der Waals surface area (Å²) in [4.78, 5) is 0. The summed E-state index contributed by atoms with van der Waals surface area (Å²) in [7, 11) is 0. The van der Waals surface area contributed by atoms with Gasteiger partial charge in [0.1, 0.15) is 0 Å². The quantitative estimate of drug-likeness (QED) is 0.782. The Bertz CT molecular complexity index is 397. The Morgan fingerprint density at radius 2 is 2.11 bits per heavy atom. The fraction of sp³-hybridized carbons (Fsp3) is 0.467. The van der Waals surface area contributed by atoms with Gasteiger partial charge in [-0.25, -0.2) is 0 Å². The largest absolute Gasteiger partial charge is 0.387 e. The molecule has 0 saturated carbocycles. The van der Waals surface area contributed by atoms with E-state index in [2.05, 4.69) is 11.4 Å². The fourth-order valence-electron chi connectivity index (χ4n) is 2.01. The number of aliphatic hydroxyl groups is 1. The van der Waals surface area contributed by atoms with Crippen molar-refractivity contribution in [2.75, 3.05) is 26.3 Å². The third kappa shape index (κ3) is 3.95. The Hall–Kier alpha value is -1.16. The highest BCUT2D eigenvalue weighted by molar-refractivity contribution is 5.23. The first kappa shape index (κ1) is 13.3. The molecule has 1 aliphatic heterocycles. The van der Waals surface area contributed by atoms with Crippen LogP contribution >= 0.6 is 0 Å². The van der Waals surface area contributed by atoms with E-state index in [-0.39, 0.29) is 0 Å². The number of aliphatic hydroxyl groups excluding tert-OH is 1. The lowest BCUT2D eigenvalue weighted by atomic mass is 10.1. The summed E-state index contributed by atoms with van der Waals surface area (Å²) in [5.74, 6) is 0. The smallest absolute Gasteiger partial charge is 0.0914 e. The number of ether oxygens (including phenoxy) is 1. The summed E-state index contributed by atoms with van der Waals surface area (Å²) in [5, 5.41) is 13.3. The number of nitrogens with one attached hydrogen (secondary N) is 1. The van der Waals surface area contributed by atoms with E-state index in [0.717, 1.165) is 25.1 Å². The van der Waals surface area contributed by atoms with Crippen LogP contribution in [0.5, 0.6) is 0 Å². The van der Waals surface area contributed by atoms with E-state index >= 15 is 0 Å². The molecule has 1 heterocycles. The molecule has 2 rings (SSSR count). The van der Waals surface area contributed by atoms with Gasteiger partial charge in [0.2, 0.25) is 0 Å². The molecule has 3 nitrogen and oxygen atoms in total. The van der Waals surface area contributed by atoms with Crippen LogP contribution in [0.25, 0.3) is 0 Å². The molecule has 0 radical (unpaired) electrons. The summed E-state index contributed by atoms with van der Waals surface area (Å²) in [5.41, 5.74) is 3.45. The van der Waals surface area contributed by atoms with Crippen molar-refractivity contribution in [3.05, 3.63) is 47.0 Å². The first-order valence-corrected chi connectivity index (χ1v) is 6.46. The SMILES string of the molecule is Cc1ccc(C(O)CNCC2=CCCOC2)cc1. The lowest BCUT2D eigenvalue weighted by molar-refractivity contribution is 0.146. The van der Waals surface area contributed by atoms with Crippen molar-refractivity contribution in [1.29, 1.82) is 0 Å². The van der Waals surface area contributed by atoms with Gasteiger partial charge >= 0.3 is 0 Å². The van der Waals surface area contributed by atoms with Crippen molar-refractivity contribution >= 4 is 0 Å². The lowest BCUT2D eigenvalue weighted by Gasteiger charge is -2.16. The van der Waals surface area contributed by atoms with Gasteiger partial charge in [-0.15, -0.1) is 0 Å². The topological polar surface area (TPSA) is 41.5 Å². The predicted molar refractivity (Wildman–Crippen MR) is 72.5 cm³/mol. The minimum atomic E-state index is -0.448. The molecule has 98 valence electrons. The van der Waals surface area contributed by atoms with Gasteiger partial charge in [-0.05, 0) is 24.5 Å². The second kappa shape index (κ2) is 6.69. The predicted octanol–water partition coefficient (Wildman–Crippen LogP) is 1.96. The number of rotatable bonds is 5. The van der Waals surface area contributed by atoms with Crippen LogP contribution < -0.4 is 5.32 Å². The van der Waals surface area contributed by atoms with Crippen molar-refractivity contribution in [1.82, 2.24) is 5.32 Å². The van der Waals surface area contributed by atoms with E-state index < -0.39 is 6.10 Å². The number of aryl methyl sites for hydroxylation is 1. The Labute approximate surface area is 108 Å². The van der Waals surface area contributed by atoms with E-state index in [0.29, 0.717) is 13.2 Å². The highest BCUT2D eigenvalue weighted by atomic mass is 16.5. The minimum absolute atomic E-state index is 0.448. The van der Waals surface area contributed by atoms with Crippen molar-refractivity contribution in [2.24, 2.45) is 0 Å². The summed E-state index contributed by atoms with van der Waals surface area (Å²) < 4.78 is 5.37. The molecule has 1 aromatic carbocycles. The number of benzene rings is 1. The summed E-state index contributed by atoms with van der Waals surface area (Å²) in [6.07, 6.45) is 2.77. The first-order chi connectivity index (χ1) is 8.75. The lowest BCUT2D eigenvalue weighted by Crippen LogP contribution is -2.26. The number of hydrogen-bond acceptors (Lipinski definition) is 3. The second-order valence-corrected chi connectivity index (χ2v) is 4.76. The molecule has 1 unspecified atom stereocenters.